The van der Waals surface area contributed by atoms with Crippen molar-refractivity contribution in [3.63, 3.8) is 0 Å². The van der Waals surface area contributed by atoms with Crippen LogP contribution in [0.4, 0.5) is 0 Å². The van der Waals surface area contributed by atoms with Gasteiger partial charge in [-0.3, -0.25) is 4.79 Å². The molecule has 0 radical (unpaired) electrons. The number of hydrogen-bond acceptors (Lipinski definition) is 2. The molecule has 0 heterocycles. The molecule has 0 unspecified atom stereocenters. The summed E-state index contributed by atoms with van der Waals surface area (Å²) in [6, 6.07) is 0. The van der Waals surface area contributed by atoms with Crippen molar-refractivity contribution >= 4 is 23.1 Å². The summed E-state index contributed by atoms with van der Waals surface area (Å²) in [5.41, 5.74) is 5.25. The zero-order valence-corrected chi connectivity index (χ0v) is 10.2. The smallest absolute Gasteiger partial charge is 0.225 e. The molecule has 4 heteroatoms. The molecule has 1 fully saturated rings. The van der Waals surface area contributed by atoms with E-state index in [0.29, 0.717) is 18.0 Å². The Hall–Kier alpha value is -0.640. The van der Waals surface area contributed by atoms with Crippen molar-refractivity contribution in [1.82, 2.24) is 5.32 Å². The van der Waals surface area contributed by atoms with Gasteiger partial charge in [-0.2, -0.15) is 0 Å². The van der Waals surface area contributed by atoms with E-state index in [-0.39, 0.29) is 11.3 Å². The van der Waals surface area contributed by atoms with Crippen LogP contribution < -0.4 is 11.1 Å². The Morgan fingerprint density at radius 3 is 2.60 bits per heavy atom. The summed E-state index contributed by atoms with van der Waals surface area (Å²) in [5, 5.41) is 2.97. The number of rotatable bonds is 5. The van der Waals surface area contributed by atoms with Gasteiger partial charge >= 0.3 is 0 Å². The molecule has 1 aliphatic rings. The number of hydrogen-bond donors (Lipinski definition) is 2. The summed E-state index contributed by atoms with van der Waals surface area (Å²) in [4.78, 5) is 12.4. The van der Waals surface area contributed by atoms with Gasteiger partial charge in [-0.1, -0.05) is 32.0 Å². The van der Waals surface area contributed by atoms with Crippen LogP contribution in [-0.2, 0) is 4.79 Å². The van der Waals surface area contributed by atoms with Gasteiger partial charge in [-0.15, -0.1) is 0 Å². The molecule has 3 N–H and O–H groups in total. The van der Waals surface area contributed by atoms with Crippen LogP contribution in [0.5, 0.6) is 0 Å². The zero-order chi connectivity index (χ0) is 11.3. The van der Waals surface area contributed by atoms with E-state index in [9.17, 15) is 4.79 Å². The SMILES string of the molecule is CC1(C(=O)NCCCC(N)=S)CCCC1. The lowest BCUT2D eigenvalue weighted by Crippen LogP contribution is -2.37. The molecule has 1 saturated carbocycles. The van der Waals surface area contributed by atoms with E-state index >= 15 is 0 Å². The van der Waals surface area contributed by atoms with Crippen molar-refractivity contribution in [2.45, 2.75) is 45.4 Å². The van der Waals surface area contributed by atoms with Crippen molar-refractivity contribution in [1.29, 1.82) is 0 Å². The molecule has 1 amide bonds. The molecule has 0 saturated heterocycles. The minimum atomic E-state index is -0.122. The first-order valence-corrected chi connectivity index (χ1v) is 6.02. The first-order valence-electron chi connectivity index (χ1n) is 5.61. The van der Waals surface area contributed by atoms with Crippen molar-refractivity contribution < 1.29 is 4.79 Å². The lowest BCUT2D eigenvalue weighted by atomic mass is 9.88. The molecule has 0 aromatic carbocycles. The second-order valence-corrected chi connectivity index (χ2v) is 5.12. The monoisotopic (exact) mass is 228 g/mol. The molecule has 0 aliphatic heterocycles. The number of thiocarbonyl (C=S) groups is 1. The fourth-order valence-corrected chi connectivity index (χ4v) is 2.20. The highest BCUT2D eigenvalue weighted by Gasteiger charge is 2.35. The molecule has 0 aromatic rings. The maximum atomic E-state index is 11.8. The van der Waals surface area contributed by atoms with Crippen LogP contribution in [-0.4, -0.2) is 17.4 Å². The first kappa shape index (κ1) is 12.4. The zero-order valence-electron chi connectivity index (χ0n) is 9.34. The van der Waals surface area contributed by atoms with E-state index in [2.05, 4.69) is 12.2 Å². The quantitative estimate of drug-likeness (QED) is 0.557. The summed E-state index contributed by atoms with van der Waals surface area (Å²) in [7, 11) is 0. The predicted octanol–water partition coefficient (Wildman–Crippen LogP) is 1.75. The third-order valence-corrected chi connectivity index (χ3v) is 3.34. The van der Waals surface area contributed by atoms with E-state index in [0.717, 1.165) is 19.3 Å². The number of amides is 1. The van der Waals surface area contributed by atoms with Crippen LogP contribution in [0.1, 0.15) is 45.4 Å². The Kier molecular flexibility index (Phi) is 4.51. The standard InChI is InChI=1S/C11H20N2OS/c1-11(6-2-3-7-11)10(14)13-8-4-5-9(12)15/h2-8H2,1H3,(H2,12,15)(H,13,14). The molecule has 1 rings (SSSR count). The van der Waals surface area contributed by atoms with Gasteiger partial charge in [0.05, 0.1) is 4.99 Å². The van der Waals surface area contributed by atoms with Gasteiger partial charge in [0.25, 0.3) is 0 Å². The van der Waals surface area contributed by atoms with Gasteiger partial charge in [0.1, 0.15) is 0 Å². The van der Waals surface area contributed by atoms with E-state index in [4.69, 9.17) is 18.0 Å². The molecule has 0 spiro atoms. The minimum absolute atomic E-state index is 0.122. The third-order valence-electron chi connectivity index (χ3n) is 3.14. The second kappa shape index (κ2) is 5.45. The van der Waals surface area contributed by atoms with Gasteiger partial charge in [0.2, 0.25) is 5.91 Å². The highest BCUT2D eigenvalue weighted by molar-refractivity contribution is 7.80. The van der Waals surface area contributed by atoms with Crippen molar-refractivity contribution in [3.8, 4) is 0 Å². The van der Waals surface area contributed by atoms with Crippen LogP contribution in [0.2, 0.25) is 0 Å². The summed E-state index contributed by atoms with van der Waals surface area (Å²) < 4.78 is 0. The van der Waals surface area contributed by atoms with Crippen molar-refractivity contribution in [2.24, 2.45) is 11.1 Å². The largest absolute Gasteiger partial charge is 0.393 e. The lowest BCUT2D eigenvalue weighted by molar-refractivity contribution is -0.129. The molecule has 1 aliphatic carbocycles. The number of nitrogens with one attached hydrogen (secondary N) is 1. The Balaban J connectivity index is 2.21. The maximum absolute atomic E-state index is 11.8. The number of nitrogens with two attached hydrogens (primary N) is 1. The highest BCUT2D eigenvalue weighted by atomic mass is 32.1. The van der Waals surface area contributed by atoms with E-state index < -0.39 is 0 Å². The fraction of sp³-hybridized carbons (Fsp3) is 0.818. The molecular formula is C11H20N2OS. The Bertz CT molecular complexity index is 247. The Labute approximate surface area is 96.8 Å². The summed E-state index contributed by atoms with van der Waals surface area (Å²) in [6.45, 7) is 2.74. The summed E-state index contributed by atoms with van der Waals surface area (Å²) >= 11 is 4.77. The molecule has 0 atom stereocenters. The first-order chi connectivity index (χ1) is 7.04. The third kappa shape index (κ3) is 3.78. The van der Waals surface area contributed by atoms with Crippen LogP contribution in [0.15, 0.2) is 0 Å². The van der Waals surface area contributed by atoms with Gasteiger partial charge in [-0.25, -0.2) is 0 Å². The average Bonchev–Trinajstić information content (AvgIpc) is 2.60. The molecule has 15 heavy (non-hydrogen) atoms. The summed E-state index contributed by atoms with van der Waals surface area (Å²) in [5.74, 6) is 0.197. The van der Waals surface area contributed by atoms with Gasteiger partial charge < -0.3 is 11.1 Å². The van der Waals surface area contributed by atoms with Gasteiger partial charge in [0, 0.05) is 12.0 Å². The molecule has 86 valence electrons. The van der Waals surface area contributed by atoms with Crippen molar-refractivity contribution in [2.75, 3.05) is 6.54 Å². The van der Waals surface area contributed by atoms with Gasteiger partial charge in [0.15, 0.2) is 0 Å². The lowest BCUT2D eigenvalue weighted by Gasteiger charge is -2.22. The van der Waals surface area contributed by atoms with E-state index in [1.54, 1.807) is 0 Å². The van der Waals surface area contributed by atoms with Crippen LogP contribution in [0.25, 0.3) is 0 Å². The molecule has 0 aromatic heterocycles. The van der Waals surface area contributed by atoms with E-state index in [1.807, 2.05) is 0 Å². The molecule has 0 bridgehead atoms. The topological polar surface area (TPSA) is 55.1 Å². The van der Waals surface area contributed by atoms with E-state index in [1.165, 1.54) is 12.8 Å². The number of carbonyl (C=O) groups excluding carboxylic acids is 1. The number of carbonyl (C=O) groups is 1. The summed E-state index contributed by atoms with van der Waals surface area (Å²) in [6.07, 6.45) is 5.96. The molecular weight excluding hydrogens is 208 g/mol. The molecule has 3 nitrogen and oxygen atoms in total. The normalized spacial score (nSPS) is 18.7. The van der Waals surface area contributed by atoms with Crippen LogP contribution in [0, 0.1) is 5.41 Å². The predicted molar refractivity (Wildman–Crippen MR) is 65.6 cm³/mol. The Morgan fingerprint density at radius 1 is 1.47 bits per heavy atom. The van der Waals surface area contributed by atoms with Gasteiger partial charge in [-0.05, 0) is 25.7 Å². The highest BCUT2D eigenvalue weighted by Crippen LogP contribution is 2.37. The minimum Gasteiger partial charge on any atom is -0.393 e. The maximum Gasteiger partial charge on any atom is 0.225 e. The van der Waals surface area contributed by atoms with Crippen LogP contribution in [0.3, 0.4) is 0 Å². The fourth-order valence-electron chi connectivity index (χ4n) is 2.06. The second-order valence-electron chi connectivity index (χ2n) is 4.59. The van der Waals surface area contributed by atoms with Crippen molar-refractivity contribution in [3.05, 3.63) is 0 Å². The van der Waals surface area contributed by atoms with Crippen LogP contribution >= 0.6 is 12.2 Å². The average molecular weight is 228 g/mol. The Morgan fingerprint density at radius 2 is 2.07 bits per heavy atom.